The lowest BCUT2D eigenvalue weighted by Crippen LogP contribution is -2.54. The fraction of sp³-hybridized carbons (Fsp3) is 0.923. The quantitative estimate of drug-likeness (QED) is 0.785. The van der Waals surface area contributed by atoms with Gasteiger partial charge in [0.1, 0.15) is 0 Å². The molecule has 4 nitrogen and oxygen atoms in total. The van der Waals surface area contributed by atoms with Gasteiger partial charge in [-0.05, 0) is 38.6 Å². The van der Waals surface area contributed by atoms with Gasteiger partial charge in [0.25, 0.3) is 0 Å². The molecule has 0 aromatic carbocycles. The zero-order valence-electron chi connectivity index (χ0n) is 11.0. The predicted octanol–water partition coefficient (Wildman–Crippen LogP) is 1.57. The summed E-state index contributed by atoms with van der Waals surface area (Å²) in [4.78, 5) is 14.1. The number of urea groups is 1. The minimum Gasteiger partial charge on any atom is -0.335 e. The maximum Gasteiger partial charge on any atom is 0.317 e. The maximum absolute atomic E-state index is 12.1. The van der Waals surface area contributed by atoms with E-state index in [2.05, 4.69) is 17.6 Å². The average Bonchev–Trinajstić information content (AvgIpc) is 2.32. The van der Waals surface area contributed by atoms with E-state index in [-0.39, 0.29) is 6.03 Å². The first kappa shape index (κ1) is 12.7. The maximum atomic E-state index is 12.1. The Bertz CT molecular complexity index is 265. The molecule has 2 N–H and O–H groups in total. The minimum atomic E-state index is 0.155. The highest BCUT2D eigenvalue weighted by molar-refractivity contribution is 5.74. The van der Waals surface area contributed by atoms with Crippen molar-refractivity contribution < 1.29 is 4.79 Å². The molecule has 98 valence electrons. The van der Waals surface area contributed by atoms with Gasteiger partial charge < -0.3 is 15.5 Å². The number of piperidine rings is 1. The number of amides is 2. The summed E-state index contributed by atoms with van der Waals surface area (Å²) in [7, 11) is 2.03. The van der Waals surface area contributed by atoms with Crippen LogP contribution >= 0.6 is 0 Å². The second kappa shape index (κ2) is 5.71. The highest BCUT2D eigenvalue weighted by Gasteiger charge is 2.30. The van der Waals surface area contributed by atoms with Gasteiger partial charge in [0.15, 0.2) is 0 Å². The van der Waals surface area contributed by atoms with Crippen molar-refractivity contribution in [2.24, 2.45) is 5.92 Å². The van der Waals surface area contributed by atoms with Crippen LogP contribution in [0.2, 0.25) is 0 Å². The second-order valence-corrected chi connectivity index (χ2v) is 5.38. The van der Waals surface area contributed by atoms with E-state index < -0.39 is 0 Å². The summed E-state index contributed by atoms with van der Waals surface area (Å²) in [6.07, 6.45) is 5.81. The molecule has 1 saturated heterocycles. The van der Waals surface area contributed by atoms with Crippen LogP contribution in [0.5, 0.6) is 0 Å². The molecular weight excluding hydrogens is 214 g/mol. The lowest BCUT2D eigenvalue weighted by atomic mass is 9.90. The summed E-state index contributed by atoms with van der Waals surface area (Å²) in [6, 6.07) is 1.18. The number of hydrogen-bond donors (Lipinski definition) is 2. The second-order valence-electron chi connectivity index (χ2n) is 5.38. The average molecular weight is 239 g/mol. The predicted molar refractivity (Wildman–Crippen MR) is 69.0 cm³/mol. The third-order valence-corrected chi connectivity index (χ3v) is 4.35. The van der Waals surface area contributed by atoms with E-state index in [1.807, 2.05) is 11.9 Å². The molecule has 4 heteroatoms. The first-order chi connectivity index (χ1) is 8.24. The molecule has 2 fully saturated rings. The molecule has 1 aliphatic carbocycles. The summed E-state index contributed by atoms with van der Waals surface area (Å²) < 4.78 is 0. The van der Waals surface area contributed by atoms with Gasteiger partial charge in [-0.3, -0.25) is 0 Å². The lowest BCUT2D eigenvalue weighted by Gasteiger charge is -2.39. The third-order valence-electron chi connectivity index (χ3n) is 4.35. The zero-order valence-corrected chi connectivity index (χ0v) is 11.0. The van der Waals surface area contributed by atoms with E-state index >= 15 is 0 Å². The first-order valence-electron chi connectivity index (χ1n) is 6.97. The topological polar surface area (TPSA) is 44.4 Å². The smallest absolute Gasteiger partial charge is 0.317 e. The van der Waals surface area contributed by atoms with Crippen molar-refractivity contribution in [3.8, 4) is 0 Å². The van der Waals surface area contributed by atoms with Gasteiger partial charge in [0.2, 0.25) is 0 Å². The van der Waals surface area contributed by atoms with Gasteiger partial charge in [-0.15, -0.1) is 0 Å². The summed E-state index contributed by atoms with van der Waals surface area (Å²) in [6.45, 7) is 4.00. The Morgan fingerprint density at radius 3 is 2.65 bits per heavy atom. The van der Waals surface area contributed by atoms with E-state index in [0.29, 0.717) is 18.0 Å². The highest BCUT2D eigenvalue weighted by Crippen LogP contribution is 2.22. The Morgan fingerprint density at radius 2 is 2.12 bits per heavy atom. The Kier molecular flexibility index (Phi) is 4.26. The van der Waals surface area contributed by atoms with Gasteiger partial charge in [0.05, 0.1) is 0 Å². The molecule has 2 unspecified atom stereocenters. The Morgan fingerprint density at radius 1 is 1.35 bits per heavy atom. The Hall–Kier alpha value is -0.770. The van der Waals surface area contributed by atoms with Crippen LogP contribution in [-0.2, 0) is 0 Å². The lowest BCUT2D eigenvalue weighted by molar-refractivity contribution is 0.138. The largest absolute Gasteiger partial charge is 0.335 e. The van der Waals surface area contributed by atoms with Crippen LogP contribution in [0.25, 0.3) is 0 Å². The van der Waals surface area contributed by atoms with Crippen molar-refractivity contribution in [1.29, 1.82) is 0 Å². The van der Waals surface area contributed by atoms with Crippen LogP contribution in [0, 0.1) is 5.92 Å². The SMILES string of the molecule is CCC1CN(C(=O)NC2CCC2)CCC1NC. The van der Waals surface area contributed by atoms with Crippen molar-refractivity contribution >= 4 is 6.03 Å². The molecule has 2 amide bonds. The molecule has 0 spiro atoms. The van der Waals surface area contributed by atoms with E-state index in [0.717, 1.165) is 38.8 Å². The number of hydrogen-bond acceptors (Lipinski definition) is 2. The van der Waals surface area contributed by atoms with Crippen molar-refractivity contribution in [3.05, 3.63) is 0 Å². The van der Waals surface area contributed by atoms with Gasteiger partial charge in [0, 0.05) is 25.2 Å². The monoisotopic (exact) mass is 239 g/mol. The van der Waals surface area contributed by atoms with Gasteiger partial charge in [-0.2, -0.15) is 0 Å². The molecule has 1 saturated carbocycles. The number of carbonyl (C=O) groups excluding carboxylic acids is 1. The number of rotatable bonds is 3. The van der Waals surface area contributed by atoms with Crippen LogP contribution in [0.1, 0.15) is 39.0 Å². The summed E-state index contributed by atoms with van der Waals surface area (Å²) >= 11 is 0. The van der Waals surface area contributed by atoms with Crippen LogP contribution in [-0.4, -0.2) is 43.2 Å². The van der Waals surface area contributed by atoms with Crippen molar-refractivity contribution in [1.82, 2.24) is 15.5 Å². The number of likely N-dealkylation sites (tertiary alicyclic amines) is 1. The number of carbonyl (C=O) groups is 1. The number of nitrogens with one attached hydrogen (secondary N) is 2. The molecule has 2 aliphatic rings. The Balaban J connectivity index is 1.83. The molecule has 17 heavy (non-hydrogen) atoms. The standard InChI is InChI=1S/C13H25N3O/c1-3-10-9-16(8-7-12(10)14-2)13(17)15-11-5-4-6-11/h10-12,14H,3-9H2,1-2H3,(H,15,17). The zero-order chi connectivity index (χ0) is 12.3. The summed E-state index contributed by atoms with van der Waals surface area (Å²) in [5, 5.41) is 6.50. The molecule has 2 rings (SSSR count). The van der Waals surface area contributed by atoms with E-state index in [9.17, 15) is 4.79 Å². The molecule has 1 aliphatic heterocycles. The van der Waals surface area contributed by atoms with Gasteiger partial charge in [-0.25, -0.2) is 4.79 Å². The van der Waals surface area contributed by atoms with E-state index in [1.165, 1.54) is 6.42 Å². The molecular formula is C13H25N3O. The van der Waals surface area contributed by atoms with Crippen LogP contribution in [0.15, 0.2) is 0 Å². The molecule has 0 aromatic heterocycles. The van der Waals surface area contributed by atoms with Crippen LogP contribution < -0.4 is 10.6 Å². The van der Waals surface area contributed by atoms with Crippen LogP contribution in [0.4, 0.5) is 4.79 Å². The van der Waals surface area contributed by atoms with Crippen molar-refractivity contribution in [3.63, 3.8) is 0 Å². The van der Waals surface area contributed by atoms with Gasteiger partial charge >= 0.3 is 6.03 Å². The number of nitrogens with zero attached hydrogens (tertiary/aromatic N) is 1. The molecule has 0 bridgehead atoms. The Labute approximate surface area is 104 Å². The molecule has 0 aromatic rings. The molecule has 1 heterocycles. The summed E-state index contributed by atoms with van der Waals surface area (Å²) in [5.74, 6) is 0.598. The van der Waals surface area contributed by atoms with Gasteiger partial charge in [-0.1, -0.05) is 13.3 Å². The van der Waals surface area contributed by atoms with Crippen LogP contribution in [0.3, 0.4) is 0 Å². The minimum absolute atomic E-state index is 0.155. The van der Waals surface area contributed by atoms with Crippen molar-refractivity contribution in [2.45, 2.75) is 51.1 Å². The van der Waals surface area contributed by atoms with E-state index in [1.54, 1.807) is 0 Å². The normalized spacial score (nSPS) is 29.9. The third kappa shape index (κ3) is 2.92. The first-order valence-corrected chi connectivity index (χ1v) is 6.97. The highest BCUT2D eigenvalue weighted by atomic mass is 16.2. The van der Waals surface area contributed by atoms with E-state index in [4.69, 9.17) is 0 Å². The molecule has 0 radical (unpaired) electrons. The fourth-order valence-electron chi connectivity index (χ4n) is 2.83. The molecule has 2 atom stereocenters. The van der Waals surface area contributed by atoms with Crippen molar-refractivity contribution in [2.75, 3.05) is 20.1 Å². The summed E-state index contributed by atoms with van der Waals surface area (Å²) in [5.41, 5.74) is 0. The fourth-order valence-corrected chi connectivity index (χ4v) is 2.83.